The summed E-state index contributed by atoms with van der Waals surface area (Å²) in [4.78, 5) is 12.3. The average molecular weight is 207 g/mol. The van der Waals surface area contributed by atoms with Crippen molar-refractivity contribution in [3.05, 3.63) is 35.5 Å². The van der Waals surface area contributed by atoms with Gasteiger partial charge in [0.1, 0.15) is 5.70 Å². The summed E-state index contributed by atoms with van der Waals surface area (Å²) >= 11 is 1.41. The number of hydrogen-bond acceptors (Lipinski definition) is 4. The largest absolute Gasteiger partial charge is 0.321 e. The lowest BCUT2D eigenvalue weighted by Crippen LogP contribution is -2.35. The third-order valence-electron chi connectivity index (χ3n) is 1.87. The van der Waals surface area contributed by atoms with Crippen molar-refractivity contribution in [3.8, 4) is 0 Å². The van der Waals surface area contributed by atoms with Crippen molar-refractivity contribution in [3.63, 3.8) is 0 Å². The highest BCUT2D eigenvalue weighted by Gasteiger charge is 2.14. The van der Waals surface area contributed by atoms with E-state index in [1.54, 1.807) is 6.08 Å². The first kappa shape index (κ1) is 9.11. The van der Waals surface area contributed by atoms with Crippen molar-refractivity contribution >= 4 is 23.9 Å². The summed E-state index contributed by atoms with van der Waals surface area (Å²) in [5, 5.41) is 0. The zero-order valence-corrected chi connectivity index (χ0v) is 8.10. The van der Waals surface area contributed by atoms with Gasteiger partial charge in [0, 0.05) is 4.90 Å². The average Bonchev–Trinajstić information content (AvgIpc) is 2.27. The summed E-state index contributed by atoms with van der Waals surface area (Å²) in [6, 6.07) is 7.82. The van der Waals surface area contributed by atoms with Crippen molar-refractivity contribution in [1.82, 2.24) is 10.1 Å². The van der Waals surface area contributed by atoms with Gasteiger partial charge >= 0.3 is 0 Å². The number of nitrogens with two attached hydrogens (primary N) is 1. The van der Waals surface area contributed by atoms with Gasteiger partial charge in [-0.2, -0.15) is 0 Å². The van der Waals surface area contributed by atoms with Gasteiger partial charge in [-0.15, -0.1) is 0 Å². The molecule has 1 aliphatic heterocycles. The van der Waals surface area contributed by atoms with Crippen LogP contribution >= 0.6 is 11.9 Å². The molecule has 1 heterocycles. The molecule has 2 rings (SSSR count). The second kappa shape index (κ2) is 3.73. The maximum absolute atomic E-state index is 11.2. The minimum absolute atomic E-state index is 0.313. The van der Waals surface area contributed by atoms with E-state index in [9.17, 15) is 4.79 Å². The Morgan fingerprint density at radius 3 is 3.00 bits per heavy atom. The number of carbonyl (C=O) groups excluding carboxylic acids is 1. The number of hydrazine groups is 1. The molecular formula is C9H9N3OS. The number of fused-ring (bicyclic) bond motifs is 1. The Hall–Kier alpha value is -1.46. The van der Waals surface area contributed by atoms with Crippen molar-refractivity contribution in [2.75, 3.05) is 0 Å². The van der Waals surface area contributed by atoms with E-state index in [-0.39, 0.29) is 5.91 Å². The van der Waals surface area contributed by atoms with Crippen molar-refractivity contribution in [2.24, 2.45) is 5.84 Å². The number of hydrogen-bond donors (Lipinski definition) is 3. The van der Waals surface area contributed by atoms with E-state index in [2.05, 4.69) is 10.1 Å². The minimum atomic E-state index is -0.313. The van der Waals surface area contributed by atoms with E-state index in [1.807, 2.05) is 24.3 Å². The fourth-order valence-corrected chi connectivity index (χ4v) is 1.94. The maximum atomic E-state index is 11.2. The van der Waals surface area contributed by atoms with Gasteiger partial charge in [0.15, 0.2) is 0 Å². The van der Waals surface area contributed by atoms with Gasteiger partial charge in [-0.1, -0.05) is 18.2 Å². The van der Waals surface area contributed by atoms with Crippen LogP contribution in [0.1, 0.15) is 5.56 Å². The van der Waals surface area contributed by atoms with Crippen LogP contribution in [-0.4, -0.2) is 5.91 Å². The lowest BCUT2D eigenvalue weighted by atomic mass is 10.2. The van der Waals surface area contributed by atoms with Crippen molar-refractivity contribution in [1.29, 1.82) is 0 Å². The maximum Gasteiger partial charge on any atom is 0.282 e. The third-order valence-corrected chi connectivity index (χ3v) is 2.78. The predicted molar refractivity (Wildman–Crippen MR) is 55.7 cm³/mol. The quantitative estimate of drug-likeness (QED) is 0.273. The molecular weight excluding hydrogens is 198 g/mol. The molecule has 1 aliphatic rings. The molecule has 1 aromatic carbocycles. The van der Waals surface area contributed by atoms with Crippen LogP contribution in [0.2, 0.25) is 0 Å². The SMILES string of the molecule is NNC(=O)C1=Cc2ccccc2SN1. The topological polar surface area (TPSA) is 67.1 Å². The molecule has 1 amide bonds. The monoisotopic (exact) mass is 207 g/mol. The van der Waals surface area contributed by atoms with E-state index in [4.69, 9.17) is 5.84 Å². The summed E-state index contributed by atoms with van der Waals surface area (Å²) in [6.07, 6.45) is 1.77. The second-order valence-corrected chi connectivity index (χ2v) is 3.62. The Kier molecular flexibility index (Phi) is 2.43. The number of carbonyl (C=O) groups is 1. The molecule has 0 fully saturated rings. The zero-order valence-electron chi connectivity index (χ0n) is 7.28. The smallest absolute Gasteiger partial charge is 0.282 e. The fraction of sp³-hybridized carbons (Fsp3) is 0. The predicted octanol–water partition coefficient (Wildman–Crippen LogP) is 0.628. The van der Waals surface area contributed by atoms with E-state index < -0.39 is 0 Å². The van der Waals surface area contributed by atoms with Crippen LogP contribution in [0.15, 0.2) is 34.9 Å². The Labute approximate surface area is 85.7 Å². The first-order chi connectivity index (χ1) is 6.81. The Morgan fingerprint density at radius 1 is 1.43 bits per heavy atom. The molecule has 0 spiro atoms. The van der Waals surface area contributed by atoms with Crippen LogP contribution in [0.5, 0.6) is 0 Å². The molecule has 0 saturated heterocycles. The van der Waals surface area contributed by atoms with E-state index in [1.165, 1.54) is 11.9 Å². The minimum Gasteiger partial charge on any atom is -0.321 e. The Bertz CT molecular complexity index is 403. The van der Waals surface area contributed by atoms with E-state index in [0.717, 1.165) is 10.5 Å². The van der Waals surface area contributed by atoms with Gasteiger partial charge < -0.3 is 4.72 Å². The highest BCUT2D eigenvalue weighted by molar-refractivity contribution is 7.97. The summed E-state index contributed by atoms with van der Waals surface area (Å²) < 4.78 is 2.91. The molecule has 0 radical (unpaired) electrons. The molecule has 1 aromatic rings. The Morgan fingerprint density at radius 2 is 2.21 bits per heavy atom. The molecule has 5 heteroatoms. The summed E-state index contributed by atoms with van der Waals surface area (Å²) in [5.41, 5.74) is 3.57. The molecule has 72 valence electrons. The number of amides is 1. The number of rotatable bonds is 1. The molecule has 0 saturated carbocycles. The van der Waals surface area contributed by atoms with Gasteiger partial charge in [-0.25, -0.2) is 5.84 Å². The summed E-state index contributed by atoms with van der Waals surface area (Å²) in [5.74, 6) is 4.72. The molecule has 0 bridgehead atoms. The summed E-state index contributed by atoms with van der Waals surface area (Å²) in [6.45, 7) is 0. The molecule has 0 atom stereocenters. The van der Waals surface area contributed by atoms with Crippen molar-refractivity contribution in [2.45, 2.75) is 4.90 Å². The van der Waals surface area contributed by atoms with Crippen LogP contribution in [-0.2, 0) is 4.79 Å². The first-order valence-electron chi connectivity index (χ1n) is 4.06. The normalized spacial score (nSPS) is 13.6. The van der Waals surface area contributed by atoms with Crippen LogP contribution in [0.3, 0.4) is 0 Å². The van der Waals surface area contributed by atoms with Crippen LogP contribution in [0, 0.1) is 0 Å². The van der Waals surface area contributed by atoms with Crippen LogP contribution in [0.25, 0.3) is 6.08 Å². The molecule has 14 heavy (non-hydrogen) atoms. The molecule has 4 N–H and O–H groups in total. The highest BCUT2D eigenvalue weighted by Crippen LogP contribution is 2.27. The van der Waals surface area contributed by atoms with Gasteiger partial charge in [-0.05, 0) is 29.7 Å². The van der Waals surface area contributed by atoms with Gasteiger partial charge in [0.2, 0.25) is 0 Å². The van der Waals surface area contributed by atoms with Crippen LogP contribution in [0.4, 0.5) is 0 Å². The standard InChI is InChI=1S/C9H9N3OS/c10-11-9(13)7-5-6-3-1-2-4-8(6)14-12-7/h1-5,12H,10H2,(H,11,13). The zero-order chi connectivity index (χ0) is 9.97. The number of nitrogens with one attached hydrogen (secondary N) is 2. The summed E-state index contributed by atoms with van der Waals surface area (Å²) in [7, 11) is 0. The fourth-order valence-electron chi connectivity index (χ4n) is 1.18. The third kappa shape index (κ3) is 1.59. The lowest BCUT2D eigenvalue weighted by Gasteiger charge is -2.15. The second-order valence-electron chi connectivity index (χ2n) is 2.77. The molecule has 0 aromatic heterocycles. The first-order valence-corrected chi connectivity index (χ1v) is 4.87. The molecule has 0 aliphatic carbocycles. The molecule has 0 unspecified atom stereocenters. The van der Waals surface area contributed by atoms with Crippen molar-refractivity contribution < 1.29 is 4.79 Å². The van der Waals surface area contributed by atoms with Gasteiger partial charge in [0.25, 0.3) is 5.91 Å². The van der Waals surface area contributed by atoms with Crippen LogP contribution < -0.4 is 16.0 Å². The van der Waals surface area contributed by atoms with E-state index >= 15 is 0 Å². The van der Waals surface area contributed by atoms with Gasteiger partial charge in [0.05, 0.1) is 0 Å². The molecule has 4 nitrogen and oxygen atoms in total. The van der Waals surface area contributed by atoms with E-state index in [0.29, 0.717) is 5.70 Å². The lowest BCUT2D eigenvalue weighted by molar-refractivity contribution is -0.117. The van der Waals surface area contributed by atoms with Gasteiger partial charge in [-0.3, -0.25) is 10.2 Å². The Balaban J connectivity index is 2.36. The number of benzene rings is 1. The highest BCUT2D eigenvalue weighted by atomic mass is 32.2.